The Hall–Kier alpha value is -1.92. The van der Waals surface area contributed by atoms with Gasteiger partial charge in [-0.3, -0.25) is 0 Å². The zero-order valence-corrected chi connectivity index (χ0v) is 13.6. The van der Waals surface area contributed by atoms with Crippen LogP contribution in [0.15, 0.2) is 28.8 Å². The summed E-state index contributed by atoms with van der Waals surface area (Å²) in [4.78, 5) is 4.48. The molecule has 2 heterocycles. The van der Waals surface area contributed by atoms with Gasteiger partial charge in [0, 0.05) is 18.7 Å². The minimum absolute atomic E-state index is 0.00705. The molecule has 1 fully saturated rings. The van der Waals surface area contributed by atoms with Gasteiger partial charge in [-0.05, 0) is 38.3 Å². The van der Waals surface area contributed by atoms with Crippen molar-refractivity contribution in [2.75, 3.05) is 20.3 Å². The molecule has 1 aliphatic heterocycles. The summed E-state index contributed by atoms with van der Waals surface area (Å²) in [6, 6.07) is 7.62. The molecule has 23 heavy (non-hydrogen) atoms. The first kappa shape index (κ1) is 16.0. The standard InChI is InChI=1S/C17H23N3O3/c1-12(18-11-15-7-3-4-9-22-15)17-19-16(20-23-17)13-6-5-8-14(10-13)21-2/h5-6,8,10,12,15,18H,3-4,7,9,11H2,1-2H3/t12-,15+/m0/s1. The van der Waals surface area contributed by atoms with Crippen LogP contribution in [0.1, 0.15) is 38.1 Å². The molecule has 0 radical (unpaired) electrons. The van der Waals surface area contributed by atoms with Gasteiger partial charge in [0.1, 0.15) is 5.75 Å². The zero-order valence-electron chi connectivity index (χ0n) is 13.6. The number of methoxy groups -OCH3 is 1. The van der Waals surface area contributed by atoms with E-state index < -0.39 is 0 Å². The van der Waals surface area contributed by atoms with Gasteiger partial charge in [0.15, 0.2) is 0 Å². The van der Waals surface area contributed by atoms with Gasteiger partial charge in [0.05, 0.1) is 19.3 Å². The number of benzene rings is 1. The third-order valence-corrected chi connectivity index (χ3v) is 4.07. The predicted molar refractivity (Wildman–Crippen MR) is 86.3 cm³/mol. The van der Waals surface area contributed by atoms with Crippen LogP contribution in [0.4, 0.5) is 0 Å². The van der Waals surface area contributed by atoms with E-state index in [0.29, 0.717) is 11.7 Å². The maximum atomic E-state index is 5.72. The number of hydrogen-bond donors (Lipinski definition) is 1. The van der Waals surface area contributed by atoms with Crippen molar-refractivity contribution in [2.24, 2.45) is 0 Å². The monoisotopic (exact) mass is 317 g/mol. The Morgan fingerprint density at radius 3 is 3.09 bits per heavy atom. The SMILES string of the molecule is COc1cccc(-c2noc([C@H](C)NC[C@H]3CCCCO3)n2)c1. The molecule has 1 N–H and O–H groups in total. The molecule has 0 amide bonds. The van der Waals surface area contributed by atoms with Crippen LogP contribution in [0.5, 0.6) is 5.75 Å². The molecule has 1 aromatic heterocycles. The Bertz CT molecular complexity index is 623. The van der Waals surface area contributed by atoms with Crippen molar-refractivity contribution in [3.63, 3.8) is 0 Å². The van der Waals surface area contributed by atoms with Crippen molar-refractivity contribution in [3.8, 4) is 17.1 Å². The molecule has 1 aromatic carbocycles. The first-order valence-electron chi connectivity index (χ1n) is 8.09. The topological polar surface area (TPSA) is 69.4 Å². The number of hydrogen-bond acceptors (Lipinski definition) is 6. The van der Waals surface area contributed by atoms with E-state index in [1.807, 2.05) is 31.2 Å². The van der Waals surface area contributed by atoms with Crippen molar-refractivity contribution >= 4 is 0 Å². The normalized spacial score (nSPS) is 19.5. The Kier molecular flexibility index (Phi) is 5.25. The lowest BCUT2D eigenvalue weighted by atomic mass is 10.1. The Morgan fingerprint density at radius 1 is 1.39 bits per heavy atom. The number of ether oxygens (including phenoxy) is 2. The average molecular weight is 317 g/mol. The van der Waals surface area contributed by atoms with Crippen LogP contribution in [-0.4, -0.2) is 36.5 Å². The molecule has 1 aliphatic rings. The molecule has 1 saturated heterocycles. The highest BCUT2D eigenvalue weighted by atomic mass is 16.5. The minimum Gasteiger partial charge on any atom is -0.497 e. The van der Waals surface area contributed by atoms with Crippen molar-refractivity contribution in [1.29, 1.82) is 0 Å². The largest absolute Gasteiger partial charge is 0.497 e. The van der Waals surface area contributed by atoms with E-state index >= 15 is 0 Å². The van der Waals surface area contributed by atoms with Crippen LogP contribution in [0.3, 0.4) is 0 Å². The zero-order chi connectivity index (χ0) is 16.1. The van der Waals surface area contributed by atoms with Crippen LogP contribution in [0.2, 0.25) is 0 Å². The number of nitrogens with one attached hydrogen (secondary N) is 1. The number of rotatable bonds is 6. The fourth-order valence-corrected chi connectivity index (χ4v) is 2.65. The second kappa shape index (κ2) is 7.57. The molecule has 2 atom stereocenters. The van der Waals surface area contributed by atoms with Gasteiger partial charge >= 0.3 is 0 Å². The van der Waals surface area contributed by atoms with E-state index in [4.69, 9.17) is 14.0 Å². The van der Waals surface area contributed by atoms with Gasteiger partial charge < -0.3 is 19.3 Å². The summed E-state index contributed by atoms with van der Waals surface area (Å²) < 4.78 is 16.3. The van der Waals surface area contributed by atoms with Gasteiger partial charge in [-0.25, -0.2) is 0 Å². The Labute approximate surface area is 136 Å². The van der Waals surface area contributed by atoms with Crippen LogP contribution in [0.25, 0.3) is 11.4 Å². The van der Waals surface area contributed by atoms with Crippen LogP contribution in [0, 0.1) is 0 Å². The van der Waals surface area contributed by atoms with Crippen molar-refractivity contribution in [3.05, 3.63) is 30.2 Å². The maximum Gasteiger partial charge on any atom is 0.243 e. The van der Waals surface area contributed by atoms with E-state index in [0.717, 1.165) is 30.9 Å². The van der Waals surface area contributed by atoms with Crippen molar-refractivity contribution in [1.82, 2.24) is 15.5 Å². The van der Waals surface area contributed by atoms with Crippen molar-refractivity contribution in [2.45, 2.75) is 38.3 Å². The molecular formula is C17H23N3O3. The minimum atomic E-state index is -0.00705. The lowest BCUT2D eigenvalue weighted by Gasteiger charge is -2.23. The quantitative estimate of drug-likeness (QED) is 0.883. The molecule has 0 unspecified atom stereocenters. The van der Waals surface area contributed by atoms with Crippen molar-refractivity contribution < 1.29 is 14.0 Å². The second-order valence-corrected chi connectivity index (χ2v) is 5.81. The fourth-order valence-electron chi connectivity index (χ4n) is 2.65. The smallest absolute Gasteiger partial charge is 0.243 e. The lowest BCUT2D eigenvalue weighted by molar-refractivity contribution is 0.0151. The summed E-state index contributed by atoms with van der Waals surface area (Å²) in [7, 11) is 1.64. The highest BCUT2D eigenvalue weighted by Gasteiger charge is 2.18. The summed E-state index contributed by atoms with van der Waals surface area (Å²) >= 11 is 0. The van der Waals surface area contributed by atoms with Crippen LogP contribution in [-0.2, 0) is 4.74 Å². The predicted octanol–water partition coefficient (Wildman–Crippen LogP) is 2.96. The highest BCUT2D eigenvalue weighted by molar-refractivity contribution is 5.56. The van der Waals surface area contributed by atoms with E-state index in [1.54, 1.807) is 7.11 Å². The average Bonchev–Trinajstić information content (AvgIpc) is 3.11. The molecule has 6 nitrogen and oxygen atoms in total. The molecule has 3 rings (SSSR count). The molecular weight excluding hydrogens is 294 g/mol. The number of nitrogens with zero attached hydrogens (tertiary/aromatic N) is 2. The first-order valence-corrected chi connectivity index (χ1v) is 8.09. The van der Waals surface area contributed by atoms with Gasteiger partial charge in [-0.15, -0.1) is 0 Å². The van der Waals surface area contributed by atoms with E-state index in [-0.39, 0.29) is 12.1 Å². The van der Waals surface area contributed by atoms with Gasteiger partial charge in [-0.2, -0.15) is 4.98 Å². The molecule has 0 saturated carbocycles. The van der Waals surface area contributed by atoms with E-state index in [1.165, 1.54) is 12.8 Å². The lowest BCUT2D eigenvalue weighted by Crippen LogP contribution is -2.33. The summed E-state index contributed by atoms with van der Waals surface area (Å²) in [6.07, 6.45) is 3.80. The van der Waals surface area contributed by atoms with Crippen LogP contribution < -0.4 is 10.1 Å². The summed E-state index contributed by atoms with van der Waals surface area (Å²) in [6.45, 7) is 3.69. The second-order valence-electron chi connectivity index (χ2n) is 5.81. The maximum absolute atomic E-state index is 5.72. The summed E-state index contributed by atoms with van der Waals surface area (Å²) in [5.74, 6) is 1.93. The third-order valence-electron chi connectivity index (χ3n) is 4.07. The molecule has 0 spiro atoms. The number of aromatic nitrogens is 2. The fraction of sp³-hybridized carbons (Fsp3) is 0.529. The summed E-state index contributed by atoms with van der Waals surface area (Å²) in [5.41, 5.74) is 0.877. The van der Waals surface area contributed by atoms with Gasteiger partial charge in [0.25, 0.3) is 0 Å². The Balaban J connectivity index is 1.61. The molecule has 124 valence electrons. The van der Waals surface area contributed by atoms with Crippen LogP contribution >= 0.6 is 0 Å². The molecule has 2 aromatic rings. The Morgan fingerprint density at radius 2 is 2.30 bits per heavy atom. The summed E-state index contributed by atoms with van der Waals surface area (Å²) in [5, 5.41) is 7.47. The van der Waals surface area contributed by atoms with E-state index in [9.17, 15) is 0 Å². The molecule has 0 aliphatic carbocycles. The molecule has 0 bridgehead atoms. The third kappa shape index (κ3) is 4.09. The van der Waals surface area contributed by atoms with Gasteiger partial charge in [-0.1, -0.05) is 17.3 Å². The first-order chi connectivity index (χ1) is 11.3. The van der Waals surface area contributed by atoms with E-state index in [2.05, 4.69) is 15.5 Å². The van der Waals surface area contributed by atoms with Gasteiger partial charge in [0.2, 0.25) is 11.7 Å². The highest BCUT2D eigenvalue weighted by Crippen LogP contribution is 2.23. The molecule has 6 heteroatoms.